The van der Waals surface area contributed by atoms with Gasteiger partial charge in [0.25, 0.3) is 5.91 Å². The zero-order valence-corrected chi connectivity index (χ0v) is 16.6. The molecule has 0 unspecified atom stereocenters. The number of hydrogen-bond donors (Lipinski definition) is 0. The predicted molar refractivity (Wildman–Crippen MR) is 109 cm³/mol. The average Bonchev–Trinajstić information content (AvgIpc) is 3.15. The lowest BCUT2D eigenvalue weighted by Gasteiger charge is -2.31. The SMILES string of the molecule is Cc1nc(C(=O)N2CCC(CCc3ccccc3)CC2)nn1-c1ccc(F)cc1. The number of benzene rings is 2. The number of hydrogen-bond acceptors (Lipinski definition) is 3. The third-order valence-electron chi connectivity index (χ3n) is 5.62. The molecule has 1 aromatic heterocycles. The number of likely N-dealkylation sites (tertiary alicyclic amines) is 1. The zero-order chi connectivity index (χ0) is 20.2. The van der Waals surface area contributed by atoms with Crippen molar-refractivity contribution in [2.45, 2.75) is 32.6 Å². The molecule has 5 nitrogen and oxygen atoms in total. The van der Waals surface area contributed by atoms with E-state index in [0.717, 1.165) is 38.8 Å². The molecule has 4 rings (SSSR count). The van der Waals surface area contributed by atoms with E-state index >= 15 is 0 Å². The number of aromatic nitrogens is 3. The van der Waals surface area contributed by atoms with Crippen molar-refractivity contribution in [1.29, 1.82) is 0 Å². The Kier molecular flexibility index (Phi) is 5.69. The molecule has 1 aliphatic rings. The van der Waals surface area contributed by atoms with Crippen molar-refractivity contribution in [3.8, 4) is 5.69 Å². The van der Waals surface area contributed by atoms with Gasteiger partial charge in [0, 0.05) is 13.1 Å². The van der Waals surface area contributed by atoms with Gasteiger partial charge in [0.1, 0.15) is 11.6 Å². The van der Waals surface area contributed by atoms with Crippen LogP contribution in [-0.4, -0.2) is 38.7 Å². The van der Waals surface area contributed by atoms with Crippen LogP contribution < -0.4 is 0 Å². The number of carbonyl (C=O) groups is 1. The van der Waals surface area contributed by atoms with Crippen molar-refractivity contribution < 1.29 is 9.18 Å². The van der Waals surface area contributed by atoms with Gasteiger partial charge in [0.05, 0.1) is 5.69 Å². The highest BCUT2D eigenvalue weighted by Crippen LogP contribution is 2.23. The maximum absolute atomic E-state index is 13.2. The number of amides is 1. The summed E-state index contributed by atoms with van der Waals surface area (Å²) >= 11 is 0. The minimum absolute atomic E-state index is 0.129. The van der Waals surface area contributed by atoms with Crippen LogP contribution in [-0.2, 0) is 6.42 Å². The van der Waals surface area contributed by atoms with E-state index in [1.165, 1.54) is 17.7 Å². The van der Waals surface area contributed by atoms with Crippen LogP contribution >= 0.6 is 0 Å². The van der Waals surface area contributed by atoms with Crippen molar-refractivity contribution in [3.63, 3.8) is 0 Å². The van der Waals surface area contributed by atoms with Gasteiger partial charge >= 0.3 is 0 Å². The maximum Gasteiger partial charge on any atom is 0.293 e. The van der Waals surface area contributed by atoms with Crippen LogP contribution in [0.25, 0.3) is 5.69 Å². The monoisotopic (exact) mass is 392 g/mol. The number of piperidine rings is 1. The molecule has 0 atom stereocenters. The van der Waals surface area contributed by atoms with Gasteiger partial charge in [-0.3, -0.25) is 4.79 Å². The minimum atomic E-state index is -0.307. The lowest BCUT2D eigenvalue weighted by molar-refractivity contribution is 0.0674. The van der Waals surface area contributed by atoms with E-state index in [1.807, 2.05) is 11.0 Å². The molecule has 3 aromatic rings. The smallest absolute Gasteiger partial charge is 0.293 e. The third kappa shape index (κ3) is 4.53. The summed E-state index contributed by atoms with van der Waals surface area (Å²) in [5.74, 6) is 1.02. The highest BCUT2D eigenvalue weighted by Gasteiger charge is 2.26. The van der Waals surface area contributed by atoms with Crippen LogP contribution in [0.5, 0.6) is 0 Å². The van der Waals surface area contributed by atoms with E-state index in [2.05, 4.69) is 34.3 Å². The highest BCUT2D eigenvalue weighted by molar-refractivity contribution is 5.90. The molecular weight excluding hydrogens is 367 g/mol. The molecule has 150 valence electrons. The summed E-state index contributed by atoms with van der Waals surface area (Å²) in [6.45, 7) is 3.27. The summed E-state index contributed by atoms with van der Waals surface area (Å²) in [6, 6.07) is 16.5. The van der Waals surface area contributed by atoms with Crippen LogP contribution in [0.3, 0.4) is 0 Å². The maximum atomic E-state index is 13.2. The Labute approximate surface area is 170 Å². The first-order valence-corrected chi connectivity index (χ1v) is 10.1. The predicted octanol–water partition coefficient (Wildman–Crippen LogP) is 4.20. The summed E-state index contributed by atoms with van der Waals surface area (Å²) in [6.07, 6.45) is 4.26. The first-order valence-electron chi connectivity index (χ1n) is 10.1. The Hall–Kier alpha value is -3.02. The molecule has 0 bridgehead atoms. The largest absolute Gasteiger partial charge is 0.336 e. The number of carbonyl (C=O) groups excluding carboxylic acids is 1. The van der Waals surface area contributed by atoms with E-state index < -0.39 is 0 Å². The van der Waals surface area contributed by atoms with Crippen LogP contribution in [0.4, 0.5) is 4.39 Å². The Morgan fingerprint density at radius 3 is 2.45 bits per heavy atom. The lowest BCUT2D eigenvalue weighted by Crippen LogP contribution is -2.39. The van der Waals surface area contributed by atoms with Crippen LogP contribution in [0, 0.1) is 18.7 Å². The molecular formula is C23H25FN4O. The summed E-state index contributed by atoms with van der Waals surface area (Å²) in [7, 11) is 0. The third-order valence-corrected chi connectivity index (χ3v) is 5.62. The fraction of sp³-hybridized carbons (Fsp3) is 0.348. The first-order chi connectivity index (χ1) is 14.1. The van der Waals surface area contributed by atoms with Crippen LogP contribution in [0.1, 0.15) is 41.3 Å². The van der Waals surface area contributed by atoms with Gasteiger partial charge < -0.3 is 4.90 Å². The molecule has 0 N–H and O–H groups in total. The Morgan fingerprint density at radius 1 is 1.07 bits per heavy atom. The van der Waals surface area contributed by atoms with E-state index in [0.29, 0.717) is 17.4 Å². The topological polar surface area (TPSA) is 51.0 Å². The molecule has 0 saturated carbocycles. The molecule has 0 radical (unpaired) electrons. The summed E-state index contributed by atoms with van der Waals surface area (Å²) in [4.78, 5) is 19.1. The van der Waals surface area contributed by atoms with Gasteiger partial charge in [-0.15, -0.1) is 5.10 Å². The average molecular weight is 392 g/mol. The second-order valence-electron chi connectivity index (χ2n) is 7.63. The minimum Gasteiger partial charge on any atom is -0.336 e. The Morgan fingerprint density at radius 2 is 1.76 bits per heavy atom. The van der Waals surface area contributed by atoms with Crippen molar-refractivity contribution in [1.82, 2.24) is 19.7 Å². The van der Waals surface area contributed by atoms with Crippen LogP contribution in [0.15, 0.2) is 54.6 Å². The van der Waals surface area contributed by atoms with Crippen molar-refractivity contribution in [3.05, 3.63) is 77.6 Å². The molecule has 1 aliphatic heterocycles. The molecule has 2 aromatic carbocycles. The fourth-order valence-electron chi connectivity index (χ4n) is 3.89. The number of aryl methyl sites for hydroxylation is 2. The van der Waals surface area contributed by atoms with Gasteiger partial charge in [-0.25, -0.2) is 14.1 Å². The van der Waals surface area contributed by atoms with Gasteiger partial charge in [0.15, 0.2) is 0 Å². The molecule has 6 heteroatoms. The van der Waals surface area contributed by atoms with Gasteiger partial charge in [0.2, 0.25) is 5.82 Å². The fourth-order valence-corrected chi connectivity index (χ4v) is 3.89. The van der Waals surface area contributed by atoms with Crippen LogP contribution in [0.2, 0.25) is 0 Å². The van der Waals surface area contributed by atoms with E-state index in [4.69, 9.17) is 0 Å². The Balaban J connectivity index is 1.35. The lowest BCUT2D eigenvalue weighted by atomic mass is 9.90. The first kappa shape index (κ1) is 19.3. The van der Waals surface area contributed by atoms with E-state index in [-0.39, 0.29) is 17.5 Å². The molecule has 1 saturated heterocycles. The second kappa shape index (κ2) is 8.55. The van der Waals surface area contributed by atoms with Gasteiger partial charge in [-0.1, -0.05) is 30.3 Å². The normalized spacial score (nSPS) is 14.9. The summed E-state index contributed by atoms with van der Waals surface area (Å²) in [5, 5.41) is 4.37. The van der Waals surface area contributed by atoms with E-state index in [1.54, 1.807) is 23.7 Å². The Bertz CT molecular complexity index is 960. The number of rotatable bonds is 5. The quantitative estimate of drug-likeness (QED) is 0.654. The molecule has 29 heavy (non-hydrogen) atoms. The van der Waals surface area contributed by atoms with E-state index in [9.17, 15) is 9.18 Å². The number of nitrogens with zero attached hydrogens (tertiary/aromatic N) is 4. The van der Waals surface area contributed by atoms with Gasteiger partial charge in [-0.05, 0) is 68.4 Å². The zero-order valence-electron chi connectivity index (χ0n) is 16.6. The van der Waals surface area contributed by atoms with Crippen molar-refractivity contribution in [2.24, 2.45) is 5.92 Å². The second-order valence-corrected chi connectivity index (χ2v) is 7.63. The number of halogens is 1. The highest BCUT2D eigenvalue weighted by atomic mass is 19.1. The molecule has 2 heterocycles. The molecule has 1 amide bonds. The van der Waals surface area contributed by atoms with Crippen molar-refractivity contribution >= 4 is 5.91 Å². The molecule has 0 spiro atoms. The summed E-state index contributed by atoms with van der Waals surface area (Å²) in [5.41, 5.74) is 2.06. The molecule has 1 fully saturated rings. The molecule has 0 aliphatic carbocycles. The van der Waals surface area contributed by atoms with Crippen molar-refractivity contribution in [2.75, 3.05) is 13.1 Å². The standard InChI is InChI=1S/C23H25FN4O/c1-17-25-22(26-28(17)21-11-9-20(24)10-12-21)23(29)27-15-13-19(14-16-27)8-7-18-5-3-2-4-6-18/h2-6,9-12,19H,7-8,13-16H2,1H3. The summed E-state index contributed by atoms with van der Waals surface area (Å²) < 4.78 is 14.7. The van der Waals surface area contributed by atoms with Gasteiger partial charge in [-0.2, -0.15) is 0 Å².